The zero-order valence-electron chi connectivity index (χ0n) is 18.5. The Hall–Kier alpha value is -3.00. The number of hydrogen-bond acceptors (Lipinski definition) is 6. The average Bonchev–Trinajstić information content (AvgIpc) is 3.28. The molecule has 1 fully saturated rings. The van der Waals surface area contributed by atoms with E-state index < -0.39 is 5.60 Å². The Kier molecular flexibility index (Phi) is 4.69. The molecule has 0 unspecified atom stereocenters. The van der Waals surface area contributed by atoms with Crippen molar-refractivity contribution in [3.63, 3.8) is 0 Å². The van der Waals surface area contributed by atoms with E-state index in [2.05, 4.69) is 55.9 Å². The lowest BCUT2D eigenvalue weighted by molar-refractivity contribution is 0.0195. The smallest absolute Gasteiger partial charge is 0.241 e. The molecule has 0 aliphatic heterocycles. The second-order valence-corrected chi connectivity index (χ2v) is 9.25. The Bertz CT molecular complexity index is 1240. The summed E-state index contributed by atoms with van der Waals surface area (Å²) in [4.78, 5) is 13.8. The lowest BCUT2D eigenvalue weighted by atomic mass is 9.84. The van der Waals surface area contributed by atoms with E-state index in [1.807, 2.05) is 37.0 Å². The van der Waals surface area contributed by atoms with Crippen LogP contribution in [-0.2, 0) is 0 Å². The van der Waals surface area contributed by atoms with Crippen LogP contribution in [0.3, 0.4) is 0 Å². The quantitative estimate of drug-likeness (QED) is 0.516. The lowest BCUT2D eigenvalue weighted by Gasteiger charge is -2.33. The van der Waals surface area contributed by atoms with Gasteiger partial charge in [-0.3, -0.25) is 0 Å². The summed E-state index contributed by atoms with van der Waals surface area (Å²) in [6.07, 6.45) is 9.11. The second-order valence-electron chi connectivity index (χ2n) is 9.25. The molecule has 0 bridgehead atoms. The summed E-state index contributed by atoms with van der Waals surface area (Å²) >= 11 is 0. The molecule has 8 heteroatoms. The largest absolute Gasteiger partial charge is 0.390 e. The van der Waals surface area contributed by atoms with Gasteiger partial charge in [0.2, 0.25) is 5.95 Å². The summed E-state index contributed by atoms with van der Waals surface area (Å²) in [5.74, 6) is 1.59. The topological polar surface area (TPSA) is 93.2 Å². The highest BCUT2D eigenvalue weighted by atomic mass is 16.3. The molecule has 8 nitrogen and oxygen atoms in total. The number of aryl methyl sites for hydroxylation is 1. The zero-order valence-corrected chi connectivity index (χ0v) is 18.5. The van der Waals surface area contributed by atoms with Crippen molar-refractivity contribution in [1.82, 2.24) is 29.1 Å². The molecule has 2 N–H and O–H groups in total. The Morgan fingerprint density at radius 1 is 1.16 bits per heavy atom. The maximum absolute atomic E-state index is 10.2. The minimum absolute atomic E-state index is 0.291. The first kappa shape index (κ1) is 19.9. The van der Waals surface area contributed by atoms with Gasteiger partial charge in [-0.05, 0) is 65.5 Å². The van der Waals surface area contributed by atoms with Crippen LogP contribution in [0.25, 0.3) is 27.8 Å². The van der Waals surface area contributed by atoms with Gasteiger partial charge in [0, 0.05) is 35.6 Å². The van der Waals surface area contributed by atoms with Gasteiger partial charge in [0.1, 0.15) is 5.82 Å². The van der Waals surface area contributed by atoms with Crippen LogP contribution in [0.4, 0.5) is 5.95 Å². The first-order chi connectivity index (χ1) is 14.8. The maximum atomic E-state index is 10.2. The van der Waals surface area contributed by atoms with E-state index in [0.717, 1.165) is 59.3 Å². The van der Waals surface area contributed by atoms with Crippen molar-refractivity contribution in [2.45, 2.75) is 71.1 Å². The van der Waals surface area contributed by atoms with Crippen LogP contribution < -0.4 is 5.32 Å². The van der Waals surface area contributed by atoms with Gasteiger partial charge in [0.05, 0.1) is 22.8 Å². The van der Waals surface area contributed by atoms with Crippen molar-refractivity contribution in [2.24, 2.45) is 0 Å². The lowest BCUT2D eigenvalue weighted by Crippen LogP contribution is -2.36. The first-order valence-corrected chi connectivity index (χ1v) is 11.0. The van der Waals surface area contributed by atoms with Gasteiger partial charge in [0.25, 0.3) is 0 Å². The summed E-state index contributed by atoms with van der Waals surface area (Å²) in [5.41, 5.74) is 4.27. The molecule has 1 aliphatic rings. The molecular weight excluding hydrogens is 390 g/mol. The fourth-order valence-corrected chi connectivity index (χ4v) is 4.67. The highest BCUT2D eigenvalue weighted by molar-refractivity contribution is 5.85. The normalized spacial score (nSPS) is 21.9. The molecule has 1 saturated carbocycles. The standard InChI is InChI=1S/C23H29N7O/c1-14(2)30-15(3)26-21-19(30)11-16(12-24-21)18-7-10-29-20(18)13-25-22(28-29)27-17-5-8-23(4,31)9-6-17/h7,10-14,17,31H,5-6,8-9H2,1-4H3,(H,27,28)/t17-,23+. The molecule has 31 heavy (non-hydrogen) atoms. The van der Waals surface area contributed by atoms with Gasteiger partial charge < -0.3 is 15.0 Å². The van der Waals surface area contributed by atoms with Crippen molar-refractivity contribution in [1.29, 1.82) is 0 Å². The van der Waals surface area contributed by atoms with Crippen LogP contribution in [0.15, 0.2) is 30.7 Å². The highest BCUT2D eigenvalue weighted by Gasteiger charge is 2.29. The van der Waals surface area contributed by atoms with E-state index in [1.54, 1.807) is 0 Å². The zero-order chi connectivity index (χ0) is 21.8. The molecule has 1 aliphatic carbocycles. The minimum atomic E-state index is -0.545. The van der Waals surface area contributed by atoms with Crippen LogP contribution in [0.1, 0.15) is 58.3 Å². The first-order valence-electron chi connectivity index (χ1n) is 11.0. The third-order valence-corrected chi connectivity index (χ3v) is 6.36. The van der Waals surface area contributed by atoms with E-state index in [4.69, 9.17) is 0 Å². The number of hydrogen-bond donors (Lipinski definition) is 2. The number of aromatic nitrogens is 6. The minimum Gasteiger partial charge on any atom is -0.390 e. The van der Waals surface area contributed by atoms with Gasteiger partial charge in [-0.15, -0.1) is 5.10 Å². The van der Waals surface area contributed by atoms with E-state index in [9.17, 15) is 5.11 Å². The SMILES string of the molecule is Cc1nc2ncc(-c3ccn4nc(N[C@H]5CC[C@@](C)(O)CC5)ncc34)cc2n1C(C)C. The number of pyridine rings is 1. The molecule has 0 saturated heterocycles. The van der Waals surface area contributed by atoms with Crippen LogP contribution in [-0.4, -0.2) is 45.9 Å². The molecule has 162 valence electrons. The third kappa shape index (κ3) is 3.65. The molecule has 4 aromatic heterocycles. The number of fused-ring (bicyclic) bond motifs is 2. The van der Waals surface area contributed by atoms with E-state index in [-0.39, 0.29) is 0 Å². The van der Waals surface area contributed by atoms with Crippen molar-refractivity contribution in [3.8, 4) is 11.1 Å². The van der Waals surface area contributed by atoms with E-state index >= 15 is 0 Å². The number of imidazole rings is 1. The summed E-state index contributed by atoms with van der Waals surface area (Å²) in [7, 11) is 0. The van der Waals surface area contributed by atoms with Crippen LogP contribution in [0.2, 0.25) is 0 Å². The van der Waals surface area contributed by atoms with Gasteiger partial charge in [-0.25, -0.2) is 19.5 Å². The predicted octanol–water partition coefficient (Wildman–Crippen LogP) is 4.14. The van der Waals surface area contributed by atoms with Gasteiger partial charge in [-0.1, -0.05) is 0 Å². The third-order valence-electron chi connectivity index (χ3n) is 6.36. The number of aliphatic hydroxyl groups is 1. The highest BCUT2D eigenvalue weighted by Crippen LogP contribution is 2.30. The number of nitrogens with zero attached hydrogens (tertiary/aromatic N) is 6. The number of anilines is 1. The summed E-state index contributed by atoms with van der Waals surface area (Å²) < 4.78 is 4.07. The Labute approximate surface area is 181 Å². The molecule has 0 atom stereocenters. The summed E-state index contributed by atoms with van der Waals surface area (Å²) in [6.45, 7) is 8.24. The van der Waals surface area contributed by atoms with Crippen molar-refractivity contribution in [2.75, 3.05) is 5.32 Å². The van der Waals surface area contributed by atoms with Gasteiger partial charge in [0.15, 0.2) is 5.65 Å². The molecule has 0 amide bonds. The molecule has 0 radical (unpaired) electrons. The Morgan fingerprint density at radius 2 is 1.94 bits per heavy atom. The molecule has 4 aromatic rings. The molecule has 5 rings (SSSR count). The van der Waals surface area contributed by atoms with Crippen LogP contribution in [0.5, 0.6) is 0 Å². The van der Waals surface area contributed by atoms with Gasteiger partial charge >= 0.3 is 0 Å². The fraction of sp³-hybridized carbons (Fsp3) is 0.478. The van der Waals surface area contributed by atoms with Crippen LogP contribution >= 0.6 is 0 Å². The second kappa shape index (κ2) is 7.30. The predicted molar refractivity (Wildman–Crippen MR) is 121 cm³/mol. The Balaban J connectivity index is 1.44. The monoisotopic (exact) mass is 419 g/mol. The summed E-state index contributed by atoms with van der Waals surface area (Å²) in [6, 6.07) is 4.81. The van der Waals surface area contributed by atoms with Crippen molar-refractivity contribution < 1.29 is 5.11 Å². The molecule has 0 aromatic carbocycles. The van der Waals surface area contributed by atoms with E-state index in [1.165, 1.54) is 0 Å². The van der Waals surface area contributed by atoms with Gasteiger partial charge in [-0.2, -0.15) is 0 Å². The van der Waals surface area contributed by atoms with Crippen molar-refractivity contribution in [3.05, 3.63) is 36.5 Å². The van der Waals surface area contributed by atoms with E-state index in [0.29, 0.717) is 18.0 Å². The fourth-order valence-electron chi connectivity index (χ4n) is 4.67. The average molecular weight is 420 g/mol. The molecule has 0 spiro atoms. The maximum Gasteiger partial charge on any atom is 0.241 e. The van der Waals surface area contributed by atoms with Crippen LogP contribution in [0, 0.1) is 6.92 Å². The Morgan fingerprint density at radius 3 is 2.68 bits per heavy atom. The summed E-state index contributed by atoms with van der Waals surface area (Å²) in [5, 5.41) is 18.2. The van der Waals surface area contributed by atoms with Crippen molar-refractivity contribution >= 4 is 22.6 Å². The number of nitrogens with one attached hydrogen (secondary N) is 1. The molecular formula is C23H29N7O. The molecule has 4 heterocycles. The number of rotatable bonds is 4.